The van der Waals surface area contributed by atoms with Crippen LogP contribution in [0, 0.1) is 0 Å². The van der Waals surface area contributed by atoms with Crippen LogP contribution >= 0.6 is 11.6 Å². The number of halogens is 1. The highest BCUT2D eigenvalue weighted by Crippen LogP contribution is 2.38. The zero-order valence-electron chi connectivity index (χ0n) is 21.2. The Morgan fingerprint density at radius 3 is 2.43 bits per heavy atom. The molecular formula is C28H28ClN3O5. The Balaban J connectivity index is 1.66. The Morgan fingerprint density at radius 2 is 1.76 bits per heavy atom. The van der Waals surface area contributed by atoms with E-state index in [0.717, 1.165) is 30.7 Å². The lowest BCUT2D eigenvalue weighted by atomic mass is 10.1. The number of carbonyl (C=O) groups is 1. The molecule has 2 aromatic heterocycles. The van der Waals surface area contributed by atoms with Gasteiger partial charge >= 0.3 is 5.97 Å². The summed E-state index contributed by atoms with van der Waals surface area (Å²) in [5.41, 5.74) is 3.69. The zero-order chi connectivity index (χ0) is 26.4. The second-order valence-electron chi connectivity index (χ2n) is 8.19. The first kappa shape index (κ1) is 26.0. The molecule has 0 saturated carbocycles. The average molecular weight is 522 g/mol. The van der Waals surface area contributed by atoms with Gasteiger partial charge in [0.05, 0.1) is 33.2 Å². The van der Waals surface area contributed by atoms with Gasteiger partial charge in [-0.05, 0) is 60.9 Å². The number of benzene rings is 2. The third kappa shape index (κ3) is 5.86. The van der Waals surface area contributed by atoms with Crippen LogP contribution < -0.4 is 18.9 Å². The SMILES string of the molecule is CCCCc1cc(-c2cc(Cl)ccc2OC(=O)/C=C/c2cc(OC)c(OC)c(OC)c2)n2nccc2n1. The third-order valence-electron chi connectivity index (χ3n) is 5.73. The fraction of sp³-hybridized carbons (Fsp3) is 0.250. The molecule has 37 heavy (non-hydrogen) atoms. The van der Waals surface area contributed by atoms with Gasteiger partial charge in [0, 0.05) is 28.4 Å². The molecule has 0 unspecified atom stereocenters. The predicted octanol–water partition coefficient (Wildman–Crippen LogP) is 6.04. The van der Waals surface area contributed by atoms with Crippen LogP contribution in [-0.4, -0.2) is 41.9 Å². The van der Waals surface area contributed by atoms with Crippen LogP contribution in [0.3, 0.4) is 0 Å². The second kappa shape index (κ2) is 11.8. The van der Waals surface area contributed by atoms with Crippen LogP contribution in [0.15, 0.2) is 54.7 Å². The van der Waals surface area contributed by atoms with Crippen molar-refractivity contribution in [2.45, 2.75) is 26.2 Å². The van der Waals surface area contributed by atoms with Gasteiger partial charge < -0.3 is 18.9 Å². The van der Waals surface area contributed by atoms with Crippen molar-refractivity contribution in [1.82, 2.24) is 14.6 Å². The lowest BCUT2D eigenvalue weighted by molar-refractivity contribution is -0.128. The summed E-state index contributed by atoms with van der Waals surface area (Å²) < 4.78 is 23.6. The number of aryl methyl sites for hydroxylation is 1. The van der Waals surface area contributed by atoms with E-state index in [1.807, 2.05) is 12.1 Å². The Morgan fingerprint density at radius 1 is 1.00 bits per heavy atom. The predicted molar refractivity (Wildman–Crippen MR) is 143 cm³/mol. The van der Waals surface area contributed by atoms with Crippen molar-refractivity contribution in [1.29, 1.82) is 0 Å². The molecule has 2 heterocycles. The Kier molecular flexibility index (Phi) is 8.30. The van der Waals surface area contributed by atoms with Gasteiger partial charge in [-0.3, -0.25) is 0 Å². The largest absolute Gasteiger partial charge is 0.493 e. The topological polar surface area (TPSA) is 84.2 Å². The molecule has 0 aliphatic carbocycles. The standard InChI is InChI=1S/C28H28ClN3O5/c1-5-6-7-20-17-22(32-26(31-20)12-13-30-32)21-16-19(29)9-10-23(21)37-27(33)11-8-18-14-24(34-2)28(36-4)25(15-18)35-3/h8-17H,5-7H2,1-4H3/b11-8+. The van der Waals surface area contributed by atoms with E-state index in [9.17, 15) is 4.79 Å². The molecule has 2 aromatic carbocycles. The molecule has 0 aliphatic heterocycles. The van der Waals surface area contributed by atoms with Gasteiger partial charge in [0.15, 0.2) is 17.1 Å². The Bertz CT molecular complexity index is 1420. The van der Waals surface area contributed by atoms with Gasteiger partial charge in [-0.15, -0.1) is 0 Å². The number of hydrogen-bond donors (Lipinski definition) is 0. The molecule has 192 valence electrons. The highest BCUT2D eigenvalue weighted by Gasteiger charge is 2.16. The number of nitrogens with zero attached hydrogens (tertiary/aromatic N) is 3. The molecule has 0 spiro atoms. The van der Waals surface area contributed by atoms with Crippen LogP contribution in [-0.2, 0) is 11.2 Å². The molecule has 4 rings (SSSR count). The summed E-state index contributed by atoms with van der Waals surface area (Å²) in [6, 6.07) is 12.4. The summed E-state index contributed by atoms with van der Waals surface area (Å²) in [6.45, 7) is 2.14. The summed E-state index contributed by atoms with van der Waals surface area (Å²) in [5.74, 6) is 1.23. The molecule has 0 radical (unpaired) electrons. The van der Waals surface area contributed by atoms with Crippen molar-refractivity contribution in [3.63, 3.8) is 0 Å². The highest BCUT2D eigenvalue weighted by atomic mass is 35.5. The zero-order valence-corrected chi connectivity index (χ0v) is 21.9. The van der Waals surface area contributed by atoms with Crippen molar-refractivity contribution >= 4 is 29.3 Å². The van der Waals surface area contributed by atoms with E-state index in [1.54, 1.807) is 47.1 Å². The summed E-state index contributed by atoms with van der Waals surface area (Å²) >= 11 is 6.34. The minimum Gasteiger partial charge on any atom is -0.493 e. The molecular weight excluding hydrogens is 494 g/mol. The molecule has 0 atom stereocenters. The first-order valence-corrected chi connectivity index (χ1v) is 12.2. The normalized spacial score (nSPS) is 11.2. The lowest BCUT2D eigenvalue weighted by Gasteiger charge is -2.13. The Hall–Kier alpha value is -4.04. The van der Waals surface area contributed by atoms with E-state index in [0.29, 0.717) is 44.8 Å². The lowest BCUT2D eigenvalue weighted by Crippen LogP contribution is -2.07. The first-order valence-electron chi connectivity index (χ1n) is 11.8. The number of unbranched alkanes of at least 4 members (excludes halogenated alkanes) is 1. The number of hydrogen-bond acceptors (Lipinski definition) is 7. The Labute approximate surface area is 220 Å². The summed E-state index contributed by atoms with van der Waals surface area (Å²) in [6.07, 6.45) is 7.54. The third-order valence-corrected chi connectivity index (χ3v) is 5.96. The minimum atomic E-state index is -0.561. The number of fused-ring (bicyclic) bond motifs is 1. The van der Waals surface area contributed by atoms with E-state index in [-0.39, 0.29) is 0 Å². The van der Waals surface area contributed by atoms with E-state index in [1.165, 1.54) is 27.4 Å². The van der Waals surface area contributed by atoms with Crippen LogP contribution in [0.1, 0.15) is 31.0 Å². The number of ether oxygens (including phenoxy) is 4. The smallest absolute Gasteiger partial charge is 0.336 e. The van der Waals surface area contributed by atoms with E-state index < -0.39 is 5.97 Å². The molecule has 0 bridgehead atoms. The van der Waals surface area contributed by atoms with Crippen LogP contribution in [0.2, 0.25) is 5.02 Å². The second-order valence-corrected chi connectivity index (χ2v) is 8.63. The van der Waals surface area contributed by atoms with Gasteiger partial charge in [-0.25, -0.2) is 14.3 Å². The van der Waals surface area contributed by atoms with Crippen molar-refractivity contribution in [2.75, 3.05) is 21.3 Å². The monoisotopic (exact) mass is 521 g/mol. The van der Waals surface area contributed by atoms with E-state index in [2.05, 4.69) is 12.0 Å². The van der Waals surface area contributed by atoms with Gasteiger partial charge in [0.2, 0.25) is 5.75 Å². The minimum absolute atomic E-state index is 0.355. The molecule has 0 amide bonds. The van der Waals surface area contributed by atoms with Crippen molar-refractivity contribution in [3.8, 4) is 34.3 Å². The maximum atomic E-state index is 12.8. The van der Waals surface area contributed by atoms with Gasteiger partial charge in [-0.1, -0.05) is 24.9 Å². The van der Waals surface area contributed by atoms with Gasteiger partial charge in [0.25, 0.3) is 0 Å². The van der Waals surface area contributed by atoms with Crippen molar-refractivity contribution in [3.05, 3.63) is 71.0 Å². The van der Waals surface area contributed by atoms with Crippen molar-refractivity contribution < 1.29 is 23.7 Å². The molecule has 0 saturated heterocycles. The fourth-order valence-corrected chi connectivity index (χ4v) is 4.11. The van der Waals surface area contributed by atoms with Gasteiger partial charge in [0.1, 0.15) is 5.75 Å². The van der Waals surface area contributed by atoms with E-state index in [4.69, 9.17) is 35.5 Å². The highest BCUT2D eigenvalue weighted by molar-refractivity contribution is 6.31. The maximum absolute atomic E-state index is 12.8. The quantitative estimate of drug-likeness (QED) is 0.143. The molecule has 0 N–H and O–H groups in total. The maximum Gasteiger partial charge on any atom is 0.336 e. The number of aromatic nitrogens is 3. The fourth-order valence-electron chi connectivity index (χ4n) is 3.94. The number of methoxy groups -OCH3 is 3. The van der Waals surface area contributed by atoms with Crippen LogP contribution in [0.5, 0.6) is 23.0 Å². The average Bonchev–Trinajstić information content (AvgIpc) is 3.39. The molecule has 9 heteroatoms. The number of carbonyl (C=O) groups excluding carboxylic acids is 1. The van der Waals surface area contributed by atoms with Crippen LogP contribution in [0.4, 0.5) is 0 Å². The molecule has 8 nitrogen and oxygen atoms in total. The summed E-state index contributed by atoms with van der Waals surface area (Å²) in [4.78, 5) is 17.5. The van der Waals surface area contributed by atoms with Gasteiger partial charge in [-0.2, -0.15) is 5.10 Å². The molecule has 0 aliphatic rings. The molecule has 0 fully saturated rings. The van der Waals surface area contributed by atoms with E-state index >= 15 is 0 Å². The van der Waals surface area contributed by atoms with Crippen LogP contribution in [0.25, 0.3) is 23.0 Å². The molecule has 4 aromatic rings. The number of rotatable bonds is 10. The summed E-state index contributed by atoms with van der Waals surface area (Å²) in [7, 11) is 4.60. The first-order chi connectivity index (χ1) is 18.0. The van der Waals surface area contributed by atoms with Crippen molar-refractivity contribution in [2.24, 2.45) is 0 Å². The number of esters is 1. The summed E-state index contributed by atoms with van der Waals surface area (Å²) in [5, 5.41) is 4.92.